The highest BCUT2D eigenvalue weighted by Gasteiger charge is 2.17. The summed E-state index contributed by atoms with van der Waals surface area (Å²) in [6, 6.07) is 9.84. The number of rotatable bonds is 5. The maximum atomic E-state index is 12.1. The van der Waals surface area contributed by atoms with Crippen LogP contribution < -0.4 is 11.0 Å². The molecule has 1 aromatic carbocycles. The van der Waals surface area contributed by atoms with E-state index in [-0.39, 0.29) is 24.7 Å². The second-order valence-corrected chi connectivity index (χ2v) is 4.85. The summed E-state index contributed by atoms with van der Waals surface area (Å²) in [6.07, 6.45) is 1.47. The van der Waals surface area contributed by atoms with Crippen LogP contribution in [-0.2, 0) is 11.3 Å². The highest BCUT2D eigenvalue weighted by Crippen LogP contribution is 2.13. The molecule has 0 spiro atoms. The predicted octanol–water partition coefficient (Wildman–Crippen LogP) is 0.772. The maximum absolute atomic E-state index is 12.1. The van der Waals surface area contributed by atoms with Crippen molar-refractivity contribution in [2.24, 2.45) is 0 Å². The van der Waals surface area contributed by atoms with Gasteiger partial charge in [0.1, 0.15) is 18.3 Å². The van der Waals surface area contributed by atoms with E-state index >= 15 is 0 Å². The monoisotopic (exact) mass is 301 g/mol. The van der Waals surface area contributed by atoms with Crippen LogP contribution in [0.15, 0.2) is 51.9 Å². The summed E-state index contributed by atoms with van der Waals surface area (Å²) in [4.78, 5) is 26.7. The fourth-order valence-electron chi connectivity index (χ4n) is 2.34. The Bertz CT molecular complexity index is 832. The zero-order chi connectivity index (χ0) is 15.5. The molecule has 0 aliphatic heterocycles. The van der Waals surface area contributed by atoms with E-state index in [0.29, 0.717) is 16.8 Å². The molecule has 3 rings (SSSR count). The first-order chi connectivity index (χ1) is 10.7. The number of para-hydroxylation sites is 2. The van der Waals surface area contributed by atoms with Gasteiger partial charge in [0.05, 0.1) is 23.9 Å². The van der Waals surface area contributed by atoms with Crippen molar-refractivity contribution in [3.63, 3.8) is 0 Å². The number of carbonyl (C=O) groups excluding carboxylic acids is 1. The molecule has 3 aromatic rings. The van der Waals surface area contributed by atoms with Crippen molar-refractivity contribution in [3.8, 4) is 0 Å². The van der Waals surface area contributed by atoms with Gasteiger partial charge >= 0.3 is 5.69 Å². The van der Waals surface area contributed by atoms with E-state index in [1.807, 2.05) is 0 Å². The molecule has 0 saturated heterocycles. The van der Waals surface area contributed by atoms with Gasteiger partial charge in [0.15, 0.2) is 0 Å². The summed E-state index contributed by atoms with van der Waals surface area (Å²) in [5.41, 5.74) is 0.973. The van der Waals surface area contributed by atoms with Gasteiger partial charge in [-0.25, -0.2) is 4.79 Å². The van der Waals surface area contributed by atoms with Gasteiger partial charge in [-0.2, -0.15) is 0 Å². The minimum Gasteiger partial charge on any atom is -0.467 e. The first-order valence-corrected chi connectivity index (χ1v) is 6.80. The first-order valence-electron chi connectivity index (χ1n) is 6.80. The lowest BCUT2D eigenvalue weighted by Gasteiger charge is -2.14. The van der Waals surface area contributed by atoms with Crippen LogP contribution in [0, 0.1) is 0 Å². The van der Waals surface area contributed by atoms with E-state index in [4.69, 9.17) is 4.42 Å². The van der Waals surface area contributed by atoms with Crippen LogP contribution in [0.4, 0.5) is 0 Å². The number of carbonyl (C=O) groups is 1. The number of aliphatic hydroxyl groups excluding tert-OH is 1. The van der Waals surface area contributed by atoms with E-state index in [0.717, 1.165) is 0 Å². The Morgan fingerprint density at radius 3 is 2.86 bits per heavy atom. The van der Waals surface area contributed by atoms with Crippen LogP contribution in [0.3, 0.4) is 0 Å². The van der Waals surface area contributed by atoms with E-state index < -0.39 is 6.04 Å². The molecule has 7 nitrogen and oxygen atoms in total. The van der Waals surface area contributed by atoms with Crippen LogP contribution in [0.5, 0.6) is 0 Å². The van der Waals surface area contributed by atoms with Crippen molar-refractivity contribution in [2.75, 3.05) is 6.61 Å². The lowest BCUT2D eigenvalue weighted by Crippen LogP contribution is -2.35. The molecule has 0 fully saturated rings. The smallest absolute Gasteiger partial charge is 0.326 e. The Labute approximate surface area is 125 Å². The third kappa shape index (κ3) is 2.66. The fourth-order valence-corrected chi connectivity index (χ4v) is 2.34. The Morgan fingerprint density at radius 1 is 1.32 bits per heavy atom. The largest absolute Gasteiger partial charge is 0.467 e. The lowest BCUT2D eigenvalue weighted by atomic mass is 10.2. The second kappa shape index (κ2) is 5.90. The number of imidazole rings is 1. The number of amides is 1. The van der Waals surface area contributed by atoms with E-state index in [9.17, 15) is 14.7 Å². The molecule has 0 radical (unpaired) electrons. The zero-order valence-corrected chi connectivity index (χ0v) is 11.7. The van der Waals surface area contributed by atoms with Crippen LogP contribution >= 0.6 is 0 Å². The summed E-state index contributed by atoms with van der Waals surface area (Å²) >= 11 is 0. The summed E-state index contributed by atoms with van der Waals surface area (Å²) in [7, 11) is 0. The van der Waals surface area contributed by atoms with Gasteiger partial charge in [0.2, 0.25) is 5.91 Å². The number of hydrogen-bond acceptors (Lipinski definition) is 4. The van der Waals surface area contributed by atoms with Crippen molar-refractivity contribution in [1.82, 2.24) is 14.9 Å². The number of nitrogens with one attached hydrogen (secondary N) is 2. The number of aliphatic hydroxyl groups is 1. The molecule has 22 heavy (non-hydrogen) atoms. The molecule has 1 atom stereocenters. The number of hydrogen-bond donors (Lipinski definition) is 3. The molecule has 2 heterocycles. The summed E-state index contributed by atoms with van der Waals surface area (Å²) in [5, 5.41) is 12.0. The van der Waals surface area contributed by atoms with Gasteiger partial charge < -0.3 is 19.8 Å². The first kappa shape index (κ1) is 14.2. The standard InChI is InChI=1S/C15H15N3O4/c19-9-11(13-6-3-7-22-13)16-14(20)8-18-12-5-2-1-4-10(12)17-15(18)21/h1-7,11,19H,8-9H2,(H,16,20)(H,17,21). The quantitative estimate of drug-likeness (QED) is 0.648. The number of aromatic nitrogens is 2. The molecular formula is C15H15N3O4. The number of furan rings is 1. The molecule has 1 unspecified atom stereocenters. The zero-order valence-electron chi connectivity index (χ0n) is 11.7. The summed E-state index contributed by atoms with van der Waals surface area (Å²) in [5.74, 6) is 0.0735. The molecule has 114 valence electrons. The molecule has 3 N–H and O–H groups in total. The average Bonchev–Trinajstić information content (AvgIpc) is 3.14. The fraction of sp³-hybridized carbons (Fsp3) is 0.200. The van der Waals surface area contributed by atoms with Gasteiger partial charge in [-0.3, -0.25) is 9.36 Å². The van der Waals surface area contributed by atoms with Gasteiger partial charge in [-0.05, 0) is 24.3 Å². The van der Waals surface area contributed by atoms with Crippen molar-refractivity contribution in [2.45, 2.75) is 12.6 Å². The van der Waals surface area contributed by atoms with E-state index in [1.54, 1.807) is 36.4 Å². The number of aromatic amines is 1. The topological polar surface area (TPSA) is 100 Å². The van der Waals surface area contributed by atoms with Crippen molar-refractivity contribution >= 4 is 16.9 Å². The van der Waals surface area contributed by atoms with Crippen LogP contribution in [-0.4, -0.2) is 27.2 Å². The number of nitrogens with zero attached hydrogens (tertiary/aromatic N) is 1. The normalized spacial score (nSPS) is 12.4. The Balaban J connectivity index is 1.79. The Morgan fingerprint density at radius 2 is 2.14 bits per heavy atom. The predicted molar refractivity (Wildman–Crippen MR) is 79.2 cm³/mol. The minimum atomic E-state index is -0.636. The summed E-state index contributed by atoms with van der Waals surface area (Å²) < 4.78 is 6.52. The van der Waals surface area contributed by atoms with Gasteiger partial charge in [0.25, 0.3) is 0 Å². The molecule has 0 aliphatic rings. The van der Waals surface area contributed by atoms with E-state index in [2.05, 4.69) is 10.3 Å². The number of benzene rings is 1. The van der Waals surface area contributed by atoms with Crippen LogP contribution in [0.1, 0.15) is 11.8 Å². The molecule has 0 aliphatic carbocycles. The molecule has 0 saturated carbocycles. The maximum Gasteiger partial charge on any atom is 0.326 e. The molecule has 7 heteroatoms. The SMILES string of the molecule is O=C(Cn1c(=O)[nH]c2ccccc21)NC(CO)c1ccco1. The Hall–Kier alpha value is -2.80. The van der Waals surface area contributed by atoms with Gasteiger partial charge in [-0.1, -0.05) is 12.1 Å². The second-order valence-electron chi connectivity index (χ2n) is 4.85. The average molecular weight is 301 g/mol. The van der Waals surface area contributed by atoms with Gasteiger partial charge in [-0.15, -0.1) is 0 Å². The van der Waals surface area contributed by atoms with Crippen LogP contribution in [0.25, 0.3) is 11.0 Å². The minimum absolute atomic E-state index is 0.139. The van der Waals surface area contributed by atoms with E-state index in [1.165, 1.54) is 10.8 Å². The van der Waals surface area contributed by atoms with Crippen molar-refractivity contribution in [3.05, 3.63) is 58.9 Å². The number of H-pyrrole nitrogens is 1. The summed E-state index contributed by atoms with van der Waals surface area (Å²) in [6.45, 7) is -0.428. The molecule has 1 amide bonds. The lowest BCUT2D eigenvalue weighted by molar-refractivity contribution is -0.122. The Kier molecular flexibility index (Phi) is 3.80. The van der Waals surface area contributed by atoms with Gasteiger partial charge in [0, 0.05) is 0 Å². The third-order valence-electron chi connectivity index (χ3n) is 3.39. The number of fused-ring (bicyclic) bond motifs is 1. The highest BCUT2D eigenvalue weighted by molar-refractivity contribution is 5.80. The van der Waals surface area contributed by atoms with Crippen molar-refractivity contribution < 1.29 is 14.3 Å². The third-order valence-corrected chi connectivity index (χ3v) is 3.39. The molecular weight excluding hydrogens is 286 g/mol. The molecule has 0 bridgehead atoms. The van der Waals surface area contributed by atoms with Crippen LogP contribution in [0.2, 0.25) is 0 Å². The van der Waals surface area contributed by atoms with Crippen molar-refractivity contribution in [1.29, 1.82) is 0 Å². The molecule has 2 aromatic heterocycles. The highest BCUT2D eigenvalue weighted by atomic mass is 16.3.